The number of nitrogens with one attached hydrogen (secondary N) is 1. The van der Waals surface area contributed by atoms with Crippen molar-refractivity contribution in [2.24, 2.45) is 0 Å². The van der Waals surface area contributed by atoms with E-state index < -0.39 is 0 Å². The number of benzene rings is 2. The summed E-state index contributed by atoms with van der Waals surface area (Å²) >= 11 is 0. The Hall–Kier alpha value is -2.29. The second-order valence-electron chi connectivity index (χ2n) is 4.93. The molecule has 0 aliphatic carbocycles. The number of methoxy groups -OCH3 is 1. The first kappa shape index (κ1) is 14.1. The largest absolute Gasteiger partial charge is 0.497 e. The lowest BCUT2D eigenvalue weighted by Gasteiger charge is -2.09. The maximum absolute atomic E-state index is 11.9. The number of carbonyl (C=O) groups excluding carboxylic acids is 1. The van der Waals surface area contributed by atoms with Gasteiger partial charge in [0, 0.05) is 11.6 Å². The van der Waals surface area contributed by atoms with E-state index in [4.69, 9.17) is 4.74 Å². The number of carbonyl (C=O) groups is 1. The summed E-state index contributed by atoms with van der Waals surface area (Å²) in [5, 5.41) is 2.88. The maximum Gasteiger partial charge on any atom is 0.251 e. The summed E-state index contributed by atoms with van der Waals surface area (Å²) in [5.41, 5.74) is 2.85. The molecule has 3 heteroatoms. The van der Waals surface area contributed by atoms with Crippen molar-refractivity contribution < 1.29 is 9.53 Å². The van der Waals surface area contributed by atoms with Crippen LogP contribution in [0.25, 0.3) is 11.1 Å². The summed E-state index contributed by atoms with van der Waals surface area (Å²) in [4.78, 5) is 11.9. The van der Waals surface area contributed by atoms with E-state index in [2.05, 4.69) is 5.32 Å². The van der Waals surface area contributed by atoms with Crippen LogP contribution in [-0.4, -0.2) is 19.1 Å². The Bertz CT molecular complexity index is 571. The van der Waals surface area contributed by atoms with Crippen LogP contribution < -0.4 is 10.1 Å². The molecular formula is C17H19NO2. The molecule has 1 amide bonds. The van der Waals surface area contributed by atoms with Crippen LogP contribution in [-0.2, 0) is 0 Å². The van der Waals surface area contributed by atoms with Crippen LogP contribution in [0.4, 0.5) is 0 Å². The lowest BCUT2D eigenvalue weighted by Crippen LogP contribution is -2.29. The zero-order valence-electron chi connectivity index (χ0n) is 12.0. The van der Waals surface area contributed by atoms with Gasteiger partial charge in [-0.1, -0.05) is 24.3 Å². The Morgan fingerprint density at radius 2 is 1.45 bits per heavy atom. The zero-order valence-corrected chi connectivity index (χ0v) is 12.0. The van der Waals surface area contributed by atoms with E-state index in [1.807, 2.05) is 62.4 Å². The van der Waals surface area contributed by atoms with E-state index in [1.54, 1.807) is 7.11 Å². The van der Waals surface area contributed by atoms with Gasteiger partial charge in [0.1, 0.15) is 5.75 Å². The lowest BCUT2D eigenvalue weighted by atomic mass is 10.0. The molecule has 2 aromatic carbocycles. The van der Waals surface area contributed by atoms with Crippen molar-refractivity contribution in [3.63, 3.8) is 0 Å². The van der Waals surface area contributed by atoms with Crippen molar-refractivity contribution in [1.29, 1.82) is 0 Å². The normalized spacial score (nSPS) is 10.4. The minimum atomic E-state index is -0.0405. The predicted molar refractivity (Wildman–Crippen MR) is 81.0 cm³/mol. The van der Waals surface area contributed by atoms with Crippen molar-refractivity contribution >= 4 is 5.91 Å². The Morgan fingerprint density at radius 3 is 1.90 bits per heavy atom. The molecule has 0 fully saturated rings. The monoisotopic (exact) mass is 269 g/mol. The van der Waals surface area contributed by atoms with Gasteiger partial charge in [-0.25, -0.2) is 0 Å². The highest BCUT2D eigenvalue weighted by Crippen LogP contribution is 2.22. The molecule has 0 unspecified atom stereocenters. The number of hydrogen-bond acceptors (Lipinski definition) is 2. The molecule has 0 radical (unpaired) electrons. The second-order valence-corrected chi connectivity index (χ2v) is 4.93. The topological polar surface area (TPSA) is 38.3 Å². The Morgan fingerprint density at radius 1 is 0.950 bits per heavy atom. The summed E-state index contributed by atoms with van der Waals surface area (Å²) in [6.45, 7) is 3.90. The minimum absolute atomic E-state index is 0.0405. The molecule has 0 saturated carbocycles. The summed E-state index contributed by atoms with van der Waals surface area (Å²) in [6.07, 6.45) is 0. The highest BCUT2D eigenvalue weighted by atomic mass is 16.5. The van der Waals surface area contributed by atoms with Crippen molar-refractivity contribution in [3.05, 3.63) is 54.1 Å². The first-order valence-corrected chi connectivity index (χ1v) is 6.65. The Kier molecular flexibility index (Phi) is 4.41. The second kappa shape index (κ2) is 6.24. The van der Waals surface area contributed by atoms with Gasteiger partial charge in [0.15, 0.2) is 0 Å². The van der Waals surface area contributed by atoms with Gasteiger partial charge in [0.2, 0.25) is 0 Å². The van der Waals surface area contributed by atoms with Crippen LogP contribution in [0.5, 0.6) is 5.75 Å². The van der Waals surface area contributed by atoms with Gasteiger partial charge in [0.05, 0.1) is 7.11 Å². The first-order valence-electron chi connectivity index (χ1n) is 6.65. The molecule has 0 aliphatic rings. The van der Waals surface area contributed by atoms with E-state index in [1.165, 1.54) is 0 Å². The summed E-state index contributed by atoms with van der Waals surface area (Å²) in [5.74, 6) is 0.794. The molecule has 0 aliphatic heterocycles. The average molecular weight is 269 g/mol. The molecule has 0 aromatic heterocycles. The quantitative estimate of drug-likeness (QED) is 0.922. The standard InChI is InChI=1S/C17H19NO2/c1-12(2)18-17(19)15-6-4-13(5-7-15)14-8-10-16(20-3)11-9-14/h4-12H,1-3H3,(H,18,19). The van der Waals surface area contributed by atoms with E-state index >= 15 is 0 Å². The smallest absolute Gasteiger partial charge is 0.251 e. The van der Waals surface area contributed by atoms with Gasteiger partial charge < -0.3 is 10.1 Å². The molecule has 0 heterocycles. The van der Waals surface area contributed by atoms with Crippen molar-refractivity contribution in [2.45, 2.75) is 19.9 Å². The number of amides is 1. The summed E-state index contributed by atoms with van der Waals surface area (Å²) in [7, 11) is 1.65. The van der Waals surface area contributed by atoms with Crippen LogP contribution in [0.2, 0.25) is 0 Å². The molecule has 2 aromatic rings. The molecular weight excluding hydrogens is 250 g/mol. The maximum atomic E-state index is 11.9. The molecule has 2 rings (SSSR count). The molecule has 0 atom stereocenters. The fraction of sp³-hybridized carbons (Fsp3) is 0.235. The third-order valence-corrected chi connectivity index (χ3v) is 2.99. The molecule has 20 heavy (non-hydrogen) atoms. The van der Waals surface area contributed by atoms with Gasteiger partial charge in [-0.15, -0.1) is 0 Å². The fourth-order valence-corrected chi connectivity index (χ4v) is 1.94. The third-order valence-electron chi connectivity index (χ3n) is 2.99. The molecule has 0 spiro atoms. The highest BCUT2D eigenvalue weighted by molar-refractivity contribution is 5.94. The summed E-state index contributed by atoms with van der Waals surface area (Å²) < 4.78 is 5.14. The van der Waals surface area contributed by atoms with Gasteiger partial charge in [-0.2, -0.15) is 0 Å². The predicted octanol–water partition coefficient (Wildman–Crippen LogP) is 3.50. The van der Waals surface area contributed by atoms with Gasteiger partial charge in [0.25, 0.3) is 5.91 Å². The van der Waals surface area contributed by atoms with Crippen LogP contribution in [0.1, 0.15) is 24.2 Å². The lowest BCUT2D eigenvalue weighted by molar-refractivity contribution is 0.0943. The van der Waals surface area contributed by atoms with E-state index in [-0.39, 0.29) is 11.9 Å². The highest BCUT2D eigenvalue weighted by Gasteiger charge is 2.07. The minimum Gasteiger partial charge on any atom is -0.497 e. The van der Waals surface area contributed by atoms with Crippen LogP contribution in [0, 0.1) is 0 Å². The van der Waals surface area contributed by atoms with Crippen LogP contribution in [0.15, 0.2) is 48.5 Å². The SMILES string of the molecule is COc1ccc(-c2ccc(C(=O)NC(C)C)cc2)cc1. The van der Waals surface area contributed by atoms with Crippen molar-refractivity contribution in [2.75, 3.05) is 7.11 Å². The Balaban J connectivity index is 2.16. The number of hydrogen-bond donors (Lipinski definition) is 1. The summed E-state index contributed by atoms with van der Waals surface area (Å²) in [6, 6.07) is 15.6. The average Bonchev–Trinajstić information content (AvgIpc) is 2.47. The van der Waals surface area contributed by atoms with Crippen molar-refractivity contribution in [1.82, 2.24) is 5.32 Å². The van der Waals surface area contributed by atoms with Gasteiger partial charge >= 0.3 is 0 Å². The van der Waals surface area contributed by atoms with Gasteiger partial charge in [-0.3, -0.25) is 4.79 Å². The van der Waals surface area contributed by atoms with E-state index in [0.29, 0.717) is 5.56 Å². The fourth-order valence-electron chi connectivity index (χ4n) is 1.94. The molecule has 3 nitrogen and oxygen atoms in total. The van der Waals surface area contributed by atoms with Crippen LogP contribution in [0.3, 0.4) is 0 Å². The van der Waals surface area contributed by atoms with E-state index in [9.17, 15) is 4.79 Å². The van der Waals surface area contributed by atoms with Crippen molar-refractivity contribution in [3.8, 4) is 16.9 Å². The number of rotatable bonds is 4. The van der Waals surface area contributed by atoms with Gasteiger partial charge in [-0.05, 0) is 49.2 Å². The molecule has 0 saturated heterocycles. The zero-order chi connectivity index (χ0) is 14.5. The first-order chi connectivity index (χ1) is 9.60. The Labute approximate surface area is 119 Å². The molecule has 1 N–H and O–H groups in total. The molecule has 0 bridgehead atoms. The number of ether oxygens (including phenoxy) is 1. The van der Waals surface area contributed by atoms with Crippen LogP contribution >= 0.6 is 0 Å². The third kappa shape index (κ3) is 3.38. The molecule has 104 valence electrons. The van der Waals surface area contributed by atoms with E-state index in [0.717, 1.165) is 16.9 Å².